The molecule has 6 heteroatoms. The summed E-state index contributed by atoms with van der Waals surface area (Å²) >= 11 is 1.59. The van der Waals surface area contributed by atoms with Crippen molar-refractivity contribution >= 4 is 22.3 Å². The van der Waals surface area contributed by atoms with Crippen LogP contribution >= 0.6 is 11.3 Å². The first-order valence-corrected chi connectivity index (χ1v) is 9.39. The average molecular weight is 344 g/mol. The van der Waals surface area contributed by atoms with E-state index in [1.165, 1.54) is 17.4 Å². The fourth-order valence-electron chi connectivity index (χ4n) is 3.49. The molecule has 4 rings (SSSR count). The maximum absolute atomic E-state index is 12.5. The van der Waals surface area contributed by atoms with Crippen molar-refractivity contribution in [3.63, 3.8) is 0 Å². The zero-order chi connectivity index (χ0) is 16.5. The predicted molar refractivity (Wildman–Crippen MR) is 92.3 cm³/mol. The number of rotatable bonds is 3. The molecule has 24 heavy (non-hydrogen) atoms. The highest BCUT2D eigenvalue weighted by molar-refractivity contribution is 7.17. The molecule has 2 aliphatic carbocycles. The summed E-state index contributed by atoms with van der Waals surface area (Å²) in [4.78, 5) is 31.1. The van der Waals surface area contributed by atoms with Crippen molar-refractivity contribution in [3.8, 4) is 0 Å². The van der Waals surface area contributed by atoms with E-state index in [1.54, 1.807) is 15.7 Å². The number of thiazole rings is 1. The van der Waals surface area contributed by atoms with Gasteiger partial charge < -0.3 is 4.74 Å². The van der Waals surface area contributed by atoms with E-state index in [1.807, 2.05) is 6.08 Å². The van der Waals surface area contributed by atoms with Crippen molar-refractivity contribution in [2.24, 2.45) is 5.92 Å². The molecule has 0 aromatic carbocycles. The van der Waals surface area contributed by atoms with Gasteiger partial charge in [-0.3, -0.25) is 14.0 Å². The lowest BCUT2D eigenvalue weighted by Crippen LogP contribution is -2.21. The van der Waals surface area contributed by atoms with Crippen LogP contribution in [0.15, 0.2) is 23.0 Å². The van der Waals surface area contributed by atoms with Crippen LogP contribution in [0.4, 0.5) is 0 Å². The minimum atomic E-state index is -0.188. The highest BCUT2D eigenvalue weighted by Gasteiger charge is 2.21. The first kappa shape index (κ1) is 15.6. The molecule has 0 amide bonds. The van der Waals surface area contributed by atoms with Crippen LogP contribution in [-0.4, -0.2) is 15.4 Å². The second kappa shape index (κ2) is 6.51. The van der Waals surface area contributed by atoms with Gasteiger partial charge in [0.2, 0.25) is 0 Å². The number of carbonyl (C=O) groups excluding carboxylic acids is 1. The molecule has 0 spiro atoms. The Morgan fingerprint density at radius 1 is 1.33 bits per heavy atom. The van der Waals surface area contributed by atoms with Gasteiger partial charge in [-0.1, -0.05) is 12.2 Å². The van der Waals surface area contributed by atoms with Crippen LogP contribution in [0.3, 0.4) is 0 Å². The molecule has 2 heterocycles. The van der Waals surface area contributed by atoms with E-state index in [9.17, 15) is 9.59 Å². The van der Waals surface area contributed by atoms with Gasteiger partial charge in [-0.25, -0.2) is 4.98 Å². The van der Waals surface area contributed by atoms with E-state index in [2.05, 4.69) is 11.1 Å². The molecular formula is C18H20N2O3S. The summed E-state index contributed by atoms with van der Waals surface area (Å²) in [6.45, 7) is 0.0767. The summed E-state index contributed by atoms with van der Waals surface area (Å²) in [7, 11) is 0. The summed E-state index contributed by atoms with van der Waals surface area (Å²) in [6.07, 6.45) is 10.9. The number of aryl methyl sites for hydroxylation is 2. The quantitative estimate of drug-likeness (QED) is 0.634. The molecule has 2 aliphatic rings. The molecule has 0 N–H and O–H groups in total. The van der Waals surface area contributed by atoms with Crippen LogP contribution in [0, 0.1) is 5.92 Å². The zero-order valence-corrected chi connectivity index (χ0v) is 14.3. The van der Waals surface area contributed by atoms with E-state index in [-0.39, 0.29) is 24.1 Å². The molecule has 0 saturated heterocycles. The maximum Gasteiger partial charge on any atom is 0.309 e. The monoisotopic (exact) mass is 344 g/mol. The van der Waals surface area contributed by atoms with Crippen molar-refractivity contribution in [3.05, 3.63) is 44.8 Å². The highest BCUT2D eigenvalue weighted by atomic mass is 32.1. The van der Waals surface area contributed by atoms with Gasteiger partial charge in [0.25, 0.3) is 5.56 Å². The van der Waals surface area contributed by atoms with Gasteiger partial charge in [-0.05, 0) is 44.9 Å². The molecule has 0 bridgehead atoms. The van der Waals surface area contributed by atoms with E-state index >= 15 is 0 Å². The number of allylic oxidation sites excluding steroid dienone is 2. The Balaban J connectivity index is 1.53. The third-order valence-electron chi connectivity index (χ3n) is 4.78. The lowest BCUT2D eigenvalue weighted by Gasteiger charge is -2.16. The summed E-state index contributed by atoms with van der Waals surface area (Å²) in [6, 6.07) is 1.50. The smallest absolute Gasteiger partial charge is 0.309 e. The van der Waals surface area contributed by atoms with E-state index < -0.39 is 0 Å². The Morgan fingerprint density at radius 3 is 3.04 bits per heavy atom. The number of carbonyl (C=O) groups is 1. The Bertz CT molecular complexity index is 865. The molecule has 5 nitrogen and oxygen atoms in total. The molecule has 2 aromatic heterocycles. The van der Waals surface area contributed by atoms with Crippen LogP contribution in [-0.2, 0) is 29.0 Å². The Morgan fingerprint density at radius 2 is 2.21 bits per heavy atom. The SMILES string of the molecule is O=C(OCc1cc(=O)n2c3c(sc2n1)CCCC3)[C@@H]1CC=CCC1. The minimum Gasteiger partial charge on any atom is -0.459 e. The first-order chi connectivity index (χ1) is 11.7. The summed E-state index contributed by atoms with van der Waals surface area (Å²) in [5.41, 5.74) is 1.60. The summed E-state index contributed by atoms with van der Waals surface area (Å²) in [5, 5.41) is 0. The van der Waals surface area contributed by atoms with Crippen LogP contribution < -0.4 is 5.56 Å². The summed E-state index contributed by atoms with van der Waals surface area (Å²) < 4.78 is 7.13. The van der Waals surface area contributed by atoms with Crippen molar-refractivity contribution < 1.29 is 9.53 Å². The fraction of sp³-hybridized carbons (Fsp3) is 0.500. The number of ether oxygens (including phenoxy) is 1. The van der Waals surface area contributed by atoms with Gasteiger partial charge >= 0.3 is 5.97 Å². The molecule has 0 unspecified atom stereocenters. The molecule has 126 valence electrons. The van der Waals surface area contributed by atoms with E-state index in [0.29, 0.717) is 5.69 Å². The number of aromatic nitrogens is 2. The molecule has 0 radical (unpaired) electrons. The van der Waals surface area contributed by atoms with E-state index in [4.69, 9.17) is 4.74 Å². The van der Waals surface area contributed by atoms with Gasteiger partial charge in [-0.2, -0.15) is 0 Å². The number of fused-ring (bicyclic) bond motifs is 3. The lowest BCUT2D eigenvalue weighted by molar-refractivity contribution is -0.150. The van der Waals surface area contributed by atoms with Crippen LogP contribution in [0.1, 0.15) is 48.4 Å². The third-order valence-corrected chi connectivity index (χ3v) is 5.92. The number of hydrogen-bond acceptors (Lipinski definition) is 5. The van der Waals surface area contributed by atoms with Gasteiger partial charge in [-0.15, -0.1) is 11.3 Å². The molecule has 0 saturated carbocycles. The van der Waals surface area contributed by atoms with Crippen molar-refractivity contribution in [2.45, 2.75) is 51.6 Å². The van der Waals surface area contributed by atoms with Crippen LogP contribution in [0.25, 0.3) is 4.96 Å². The van der Waals surface area contributed by atoms with Crippen molar-refractivity contribution in [1.29, 1.82) is 0 Å². The van der Waals surface area contributed by atoms with Gasteiger partial charge in [0.1, 0.15) is 6.61 Å². The second-order valence-corrected chi connectivity index (χ2v) is 7.53. The molecule has 0 aliphatic heterocycles. The second-order valence-electron chi connectivity index (χ2n) is 6.47. The number of hydrogen-bond donors (Lipinski definition) is 0. The average Bonchev–Trinajstić information content (AvgIpc) is 2.99. The minimum absolute atomic E-state index is 0.0612. The summed E-state index contributed by atoms with van der Waals surface area (Å²) in [5.74, 6) is -0.249. The lowest BCUT2D eigenvalue weighted by atomic mass is 9.95. The largest absolute Gasteiger partial charge is 0.459 e. The third kappa shape index (κ3) is 2.90. The van der Waals surface area contributed by atoms with Crippen molar-refractivity contribution in [2.75, 3.05) is 0 Å². The Labute approximate surface area is 144 Å². The Hall–Kier alpha value is -1.95. The molecule has 0 fully saturated rings. The normalized spacial score (nSPS) is 20.1. The predicted octanol–water partition coefficient (Wildman–Crippen LogP) is 3.03. The first-order valence-electron chi connectivity index (χ1n) is 8.57. The fourth-order valence-corrected chi connectivity index (χ4v) is 4.72. The van der Waals surface area contributed by atoms with Crippen LogP contribution in [0.5, 0.6) is 0 Å². The number of nitrogens with zero attached hydrogens (tertiary/aromatic N) is 2. The molecule has 1 atom stereocenters. The molecule has 2 aromatic rings. The number of esters is 1. The van der Waals surface area contributed by atoms with E-state index in [0.717, 1.165) is 49.2 Å². The van der Waals surface area contributed by atoms with Gasteiger partial charge in [0, 0.05) is 16.6 Å². The van der Waals surface area contributed by atoms with Gasteiger partial charge in [0.15, 0.2) is 4.96 Å². The van der Waals surface area contributed by atoms with Crippen LogP contribution in [0.2, 0.25) is 0 Å². The maximum atomic E-state index is 12.5. The topological polar surface area (TPSA) is 60.7 Å². The van der Waals surface area contributed by atoms with Crippen molar-refractivity contribution in [1.82, 2.24) is 9.38 Å². The molecular weight excluding hydrogens is 324 g/mol. The Kier molecular flexibility index (Phi) is 4.22. The zero-order valence-electron chi connectivity index (χ0n) is 13.5. The standard InChI is InChI=1S/C18H20N2O3S/c21-16-10-13(11-23-17(22)12-6-2-1-3-7-12)19-18-20(16)14-8-4-5-9-15(14)24-18/h1-2,10,12H,3-9,11H2/t12-/m1/s1. The van der Waals surface area contributed by atoms with Gasteiger partial charge in [0.05, 0.1) is 11.6 Å². The highest BCUT2D eigenvalue weighted by Crippen LogP contribution is 2.28.